The zero-order valence-electron chi connectivity index (χ0n) is 27.1. The van der Waals surface area contributed by atoms with Crippen LogP contribution in [0.4, 0.5) is 0 Å². The summed E-state index contributed by atoms with van der Waals surface area (Å²) >= 11 is 9.66. The molecule has 11 heteroatoms. The first-order chi connectivity index (χ1) is 22.4. The third-order valence-corrected chi connectivity index (χ3v) is 8.73. The van der Waals surface area contributed by atoms with E-state index < -0.39 is 0 Å². The number of aliphatic imine (C=N–C) groups is 3. The molecule has 0 bridgehead atoms. The second-order valence-electron chi connectivity index (χ2n) is 10.6. The van der Waals surface area contributed by atoms with E-state index >= 15 is 0 Å². The smallest absolute Gasteiger partial charge is 0.161 e. The van der Waals surface area contributed by atoms with Gasteiger partial charge in [-0.25, -0.2) is 0 Å². The first-order valence-corrected chi connectivity index (χ1v) is 16.7. The van der Waals surface area contributed by atoms with Crippen molar-refractivity contribution in [2.75, 3.05) is 60.6 Å². The number of hydrogen-bond donors (Lipinski definition) is 3. The van der Waals surface area contributed by atoms with Gasteiger partial charge in [-0.15, -0.1) is 0 Å². The Morgan fingerprint density at radius 3 is 1.70 bits per heavy atom. The molecule has 0 unspecified atom stereocenters. The number of halogens is 2. The number of hydrogen-bond acceptors (Lipinski definition) is 9. The molecule has 3 aromatic carbocycles. The Bertz CT molecular complexity index is 1540. The standard InChI is InChI=1S/C12H15BrN2O2.C12H16N2.C11H13ClN2O/c1-16-10-5-8(6-12-14-3-4-15-12)9(13)7-11(10)17-2;1-2-10-5-3-4-6-11(10)9-12-13-7-8-14-12;1-15-10-4-2-3-9(12)8(10)7-11-13-5-6-14-11/h5,7H,3-4,6H2,1-2H3,(H,14,15);3-6H,2,7-9H2,1H3,(H,13,14);2-4H,5-7H2,1H3,(H,13,14). The topological polar surface area (TPSA) is 101 Å². The molecule has 46 heavy (non-hydrogen) atoms. The lowest BCUT2D eigenvalue weighted by Gasteiger charge is -2.12. The molecule has 3 aliphatic heterocycles. The van der Waals surface area contributed by atoms with Crippen LogP contribution in [0.5, 0.6) is 17.2 Å². The van der Waals surface area contributed by atoms with Crippen molar-refractivity contribution in [3.05, 3.63) is 86.3 Å². The van der Waals surface area contributed by atoms with E-state index in [0.29, 0.717) is 6.42 Å². The number of benzene rings is 3. The molecule has 0 fully saturated rings. The zero-order chi connectivity index (χ0) is 32.7. The molecular formula is C35H44BrClN6O3. The van der Waals surface area contributed by atoms with Gasteiger partial charge in [0.25, 0.3) is 0 Å². The fourth-order valence-corrected chi connectivity index (χ4v) is 5.93. The number of rotatable bonds is 10. The molecule has 0 aromatic heterocycles. The number of methoxy groups -OCH3 is 3. The van der Waals surface area contributed by atoms with Crippen LogP contribution in [0.1, 0.15) is 29.2 Å². The van der Waals surface area contributed by atoms with Crippen LogP contribution in [-0.4, -0.2) is 78.1 Å². The summed E-state index contributed by atoms with van der Waals surface area (Å²) in [5.74, 6) is 5.44. The van der Waals surface area contributed by atoms with E-state index in [4.69, 9.17) is 25.8 Å². The predicted octanol–water partition coefficient (Wildman–Crippen LogP) is 5.70. The maximum Gasteiger partial charge on any atom is 0.161 e. The predicted molar refractivity (Wildman–Crippen MR) is 193 cm³/mol. The lowest BCUT2D eigenvalue weighted by molar-refractivity contribution is 0.354. The van der Waals surface area contributed by atoms with E-state index in [1.165, 1.54) is 11.1 Å². The normalized spacial score (nSPS) is 14.6. The van der Waals surface area contributed by atoms with Crippen molar-refractivity contribution >= 4 is 45.0 Å². The average Bonchev–Trinajstić information content (AvgIpc) is 3.89. The van der Waals surface area contributed by atoms with Crippen LogP contribution < -0.4 is 30.2 Å². The molecule has 0 amide bonds. The molecule has 6 rings (SSSR count). The summed E-state index contributed by atoms with van der Waals surface area (Å²) in [6, 6.07) is 18.2. The highest BCUT2D eigenvalue weighted by molar-refractivity contribution is 9.10. The highest BCUT2D eigenvalue weighted by Gasteiger charge is 2.14. The van der Waals surface area contributed by atoms with E-state index in [1.54, 1.807) is 21.3 Å². The van der Waals surface area contributed by atoms with E-state index in [2.05, 4.69) is 78.0 Å². The van der Waals surface area contributed by atoms with Crippen LogP contribution in [0.2, 0.25) is 5.02 Å². The summed E-state index contributed by atoms with van der Waals surface area (Å²) in [6.45, 7) is 7.70. The fourth-order valence-electron chi connectivity index (χ4n) is 5.23. The molecule has 0 saturated carbocycles. The molecule has 9 nitrogen and oxygen atoms in total. The lowest BCUT2D eigenvalue weighted by Crippen LogP contribution is -2.21. The van der Waals surface area contributed by atoms with Crippen molar-refractivity contribution in [2.45, 2.75) is 32.6 Å². The second-order valence-corrected chi connectivity index (χ2v) is 11.9. The largest absolute Gasteiger partial charge is 0.496 e. The Balaban J connectivity index is 0.000000157. The van der Waals surface area contributed by atoms with Crippen LogP contribution in [-0.2, 0) is 25.7 Å². The van der Waals surface area contributed by atoms with E-state index in [9.17, 15) is 0 Å². The van der Waals surface area contributed by atoms with Crippen LogP contribution in [0, 0.1) is 0 Å². The first kappa shape index (κ1) is 35.1. The zero-order valence-corrected chi connectivity index (χ0v) is 29.4. The molecule has 3 aromatic rings. The lowest BCUT2D eigenvalue weighted by atomic mass is 10.0. The van der Waals surface area contributed by atoms with Crippen LogP contribution >= 0.6 is 27.5 Å². The van der Waals surface area contributed by atoms with E-state index in [-0.39, 0.29) is 0 Å². The third-order valence-electron chi connectivity index (χ3n) is 7.64. The SMILES string of the molecule is CCc1ccccc1CC1=NCCN1.COc1cc(Br)c(CC2=NCCN2)cc1OC.COc1cccc(Cl)c1CC1=NCCN1. The Morgan fingerprint density at radius 2 is 1.17 bits per heavy atom. The van der Waals surface area contributed by atoms with Gasteiger partial charge < -0.3 is 30.2 Å². The highest BCUT2D eigenvalue weighted by atomic mass is 79.9. The van der Waals surface area contributed by atoms with Crippen molar-refractivity contribution in [2.24, 2.45) is 15.0 Å². The Hall–Kier alpha value is -3.76. The maximum atomic E-state index is 6.12. The quantitative estimate of drug-likeness (QED) is 0.250. The molecule has 0 atom stereocenters. The second kappa shape index (κ2) is 18.4. The average molecular weight is 712 g/mol. The van der Waals surface area contributed by atoms with Crippen molar-refractivity contribution in [3.63, 3.8) is 0 Å². The van der Waals surface area contributed by atoms with Crippen molar-refractivity contribution in [1.82, 2.24) is 16.0 Å². The van der Waals surface area contributed by atoms with Gasteiger partial charge in [-0.2, -0.15) is 0 Å². The summed E-state index contributed by atoms with van der Waals surface area (Å²) in [5.41, 5.74) is 4.97. The fraction of sp³-hybridized carbons (Fsp3) is 0.400. The molecular weight excluding hydrogens is 668 g/mol. The minimum absolute atomic E-state index is 0.711. The summed E-state index contributed by atoms with van der Waals surface area (Å²) in [4.78, 5) is 13.1. The van der Waals surface area contributed by atoms with Gasteiger partial charge in [0.2, 0.25) is 0 Å². The molecule has 0 radical (unpaired) electrons. The van der Waals surface area contributed by atoms with Crippen molar-refractivity contribution in [1.29, 1.82) is 0 Å². The molecule has 0 saturated heterocycles. The van der Waals surface area contributed by atoms with Gasteiger partial charge in [0.1, 0.15) is 23.3 Å². The molecule has 0 aliphatic carbocycles. The van der Waals surface area contributed by atoms with Gasteiger partial charge in [-0.1, -0.05) is 64.8 Å². The van der Waals surface area contributed by atoms with Gasteiger partial charge in [0, 0.05) is 54.0 Å². The Kier molecular flexibility index (Phi) is 14.0. The van der Waals surface area contributed by atoms with Gasteiger partial charge in [-0.05, 0) is 47.4 Å². The van der Waals surface area contributed by atoms with Crippen LogP contribution in [0.15, 0.2) is 74.0 Å². The highest BCUT2D eigenvalue weighted by Crippen LogP contribution is 2.33. The number of nitrogens with zero attached hydrogens (tertiary/aromatic N) is 3. The van der Waals surface area contributed by atoms with Gasteiger partial charge >= 0.3 is 0 Å². The van der Waals surface area contributed by atoms with E-state index in [1.807, 2.05) is 30.3 Å². The summed E-state index contributed by atoms with van der Waals surface area (Å²) in [7, 11) is 4.92. The molecule has 3 heterocycles. The molecule has 246 valence electrons. The Labute approximate surface area is 286 Å². The summed E-state index contributed by atoms with van der Waals surface area (Å²) in [6.07, 6.45) is 3.55. The number of nitrogens with one attached hydrogen (secondary N) is 3. The minimum Gasteiger partial charge on any atom is -0.496 e. The maximum absolute atomic E-state index is 6.12. The Morgan fingerprint density at radius 1 is 0.652 bits per heavy atom. The van der Waals surface area contributed by atoms with Crippen LogP contribution in [0.25, 0.3) is 0 Å². The first-order valence-electron chi connectivity index (χ1n) is 15.6. The summed E-state index contributed by atoms with van der Waals surface area (Å²) < 4.78 is 16.8. The van der Waals surface area contributed by atoms with Gasteiger partial charge in [-0.3, -0.25) is 15.0 Å². The molecule has 3 N–H and O–H groups in total. The summed E-state index contributed by atoms with van der Waals surface area (Å²) in [5, 5.41) is 10.5. The van der Waals surface area contributed by atoms with Crippen LogP contribution in [0.3, 0.4) is 0 Å². The number of amidine groups is 3. The van der Waals surface area contributed by atoms with E-state index in [0.717, 1.165) is 114 Å². The van der Waals surface area contributed by atoms with Crippen molar-refractivity contribution < 1.29 is 14.2 Å². The van der Waals surface area contributed by atoms with Crippen molar-refractivity contribution in [3.8, 4) is 17.2 Å². The number of ether oxygens (including phenoxy) is 3. The third kappa shape index (κ3) is 10.1. The molecule has 0 spiro atoms. The molecule has 3 aliphatic rings. The number of aryl methyl sites for hydroxylation is 1. The minimum atomic E-state index is 0.711. The monoisotopic (exact) mass is 710 g/mol. The van der Waals surface area contributed by atoms with Gasteiger partial charge in [0.15, 0.2) is 11.5 Å². The van der Waals surface area contributed by atoms with Gasteiger partial charge in [0.05, 0.1) is 41.0 Å².